The molecule has 0 unspecified atom stereocenters. The van der Waals surface area contributed by atoms with Crippen LogP contribution in [0.3, 0.4) is 0 Å². The average Bonchev–Trinajstić information content (AvgIpc) is 3.36. The zero-order chi connectivity index (χ0) is 19.6. The standard InChI is InChI=1S/C18H20N2O7/c1-11-8-14(12(2)19(11)9-13-4-3-7-25-13)15(21)10-26-18(22)16-5-6-17(27-16)20(23)24/h5-6,8,13H,3-4,7,9-10H2,1-2H3/t13-/m0/s1. The zero-order valence-electron chi connectivity index (χ0n) is 15.1. The van der Waals surface area contributed by atoms with Crippen LogP contribution >= 0.6 is 0 Å². The Kier molecular flexibility index (Phi) is 5.41. The van der Waals surface area contributed by atoms with E-state index in [9.17, 15) is 19.7 Å². The highest BCUT2D eigenvalue weighted by atomic mass is 16.7. The van der Waals surface area contributed by atoms with Gasteiger partial charge in [-0.2, -0.15) is 0 Å². The summed E-state index contributed by atoms with van der Waals surface area (Å²) in [5, 5.41) is 10.6. The average molecular weight is 376 g/mol. The maximum absolute atomic E-state index is 12.5. The molecule has 144 valence electrons. The van der Waals surface area contributed by atoms with E-state index in [1.54, 1.807) is 6.07 Å². The first-order chi connectivity index (χ1) is 12.9. The van der Waals surface area contributed by atoms with Crippen LogP contribution in [0.1, 0.15) is 45.1 Å². The van der Waals surface area contributed by atoms with Crippen LogP contribution in [0.2, 0.25) is 0 Å². The fraction of sp³-hybridized carbons (Fsp3) is 0.444. The van der Waals surface area contributed by atoms with Crippen LogP contribution in [0.4, 0.5) is 5.88 Å². The van der Waals surface area contributed by atoms with Crippen molar-refractivity contribution in [3.05, 3.63) is 51.0 Å². The molecular weight excluding hydrogens is 356 g/mol. The summed E-state index contributed by atoms with van der Waals surface area (Å²) >= 11 is 0. The molecule has 9 nitrogen and oxygen atoms in total. The quantitative estimate of drug-likeness (QED) is 0.316. The van der Waals surface area contributed by atoms with Crippen LogP contribution < -0.4 is 0 Å². The minimum atomic E-state index is -0.926. The van der Waals surface area contributed by atoms with Crippen molar-refractivity contribution < 1.29 is 28.4 Å². The monoisotopic (exact) mass is 376 g/mol. The molecule has 9 heteroatoms. The van der Waals surface area contributed by atoms with Crippen LogP contribution in [0.15, 0.2) is 22.6 Å². The fourth-order valence-electron chi connectivity index (χ4n) is 3.17. The molecule has 3 heterocycles. The minimum absolute atomic E-state index is 0.144. The Hall–Kier alpha value is -2.94. The summed E-state index contributed by atoms with van der Waals surface area (Å²) in [4.78, 5) is 34.2. The molecule has 0 amide bonds. The smallest absolute Gasteiger partial charge is 0.433 e. The first kappa shape index (κ1) is 18.8. The van der Waals surface area contributed by atoms with Gasteiger partial charge in [-0.05, 0) is 38.8 Å². The first-order valence-electron chi connectivity index (χ1n) is 8.59. The number of hydrogen-bond acceptors (Lipinski definition) is 7. The topological polar surface area (TPSA) is 114 Å². The molecule has 27 heavy (non-hydrogen) atoms. The van der Waals surface area contributed by atoms with Gasteiger partial charge in [0.05, 0.1) is 12.2 Å². The van der Waals surface area contributed by atoms with Crippen molar-refractivity contribution in [2.45, 2.75) is 39.3 Å². The first-order valence-corrected chi connectivity index (χ1v) is 8.59. The molecule has 1 saturated heterocycles. The fourth-order valence-corrected chi connectivity index (χ4v) is 3.17. The van der Waals surface area contributed by atoms with Gasteiger partial charge in [-0.25, -0.2) is 4.79 Å². The number of aryl methyl sites for hydroxylation is 1. The summed E-state index contributed by atoms with van der Waals surface area (Å²) in [6, 6.07) is 3.95. The third-order valence-electron chi connectivity index (χ3n) is 4.59. The predicted molar refractivity (Wildman–Crippen MR) is 92.9 cm³/mol. The summed E-state index contributed by atoms with van der Waals surface area (Å²) in [7, 11) is 0. The van der Waals surface area contributed by atoms with Gasteiger partial charge < -0.3 is 18.5 Å². The molecular formula is C18H20N2O7. The molecule has 0 bridgehead atoms. The lowest BCUT2D eigenvalue weighted by atomic mass is 10.1. The molecule has 0 spiro atoms. The van der Waals surface area contributed by atoms with E-state index < -0.39 is 23.4 Å². The molecule has 1 aliphatic heterocycles. The third kappa shape index (κ3) is 4.08. The Labute approximate surface area is 155 Å². The van der Waals surface area contributed by atoms with Gasteiger partial charge >= 0.3 is 11.9 Å². The largest absolute Gasteiger partial charge is 0.451 e. The number of aromatic nitrogens is 1. The predicted octanol–water partition coefficient (Wildman–Crippen LogP) is 2.82. The van der Waals surface area contributed by atoms with Gasteiger partial charge in [0.25, 0.3) is 0 Å². The Morgan fingerprint density at radius 2 is 2.15 bits per heavy atom. The van der Waals surface area contributed by atoms with E-state index in [4.69, 9.17) is 13.9 Å². The van der Waals surface area contributed by atoms with E-state index in [0.717, 1.165) is 43.0 Å². The molecule has 2 aromatic heterocycles. The van der Waals surface area contributed by atoms with Crippen LogP contribution in [0.5, 0.6) is 0 Å². The van der Waals surface area contributed by atoms with Crippen molar-refractivity contribution in [1.82, 2.24) is 4.57 Å². The van der Waals surface area contributed by atoms with Crippen molar-refractivity contribution in [3.63, 3.8) is 0 Å². The highest BCUT2D eigenvalue weighted by molar-refractivity contribution is 6.00. The number of furan rings is 1. The second kappa shape index (κ2) is 7.75. The summed E-state index contributed by atoms with van der Waals surface area (Å²) in [6.07, 6.45) is 2.18. The van der Waals surface area contributed by atoms with Gasteiger partial charge in [0.15, 0.2) is 6.61 Å². The molecule has 0 saturated carbocycles. The molecule has 0 N–H and O–H groups in total. The number of nitrogens with zero attached hydrogens (tertiary/aromatic N) is 2. The maximum atomic E-state index is 12.5. The molecule has 1 aliphatic rings. The number of esters is 1. The highest BCUT2D eigenvalue weighted by Crippen LogP contribution is 2.21. The van der Waals surface area contributed by atoms with Crippen LogP contribution in [-0.2, 0) is 16.0 Å². The van der Waals surface area contributed by atoms with Gasteiger partial charge in [0, 0.05) is 30.1 Å². The summed E-state index contributed by atoms with van der Waals surface area (Å²) in [5.41, 5.74) is 2.20. The molecule has 3 rings (SSSR count). The van der Waals surface area contributed by atoms with Gasteiger partial charge in [0.1, 0.15) is 4.92 Å². The van der Waals surface area contributed by atoms with Crippen LogP contribution in [0.25, 0.3) is 0 Å². The second-order valence-electron chi connectivity index (χ2n) is 6.42. The number of ketones is 1. The van der Waals surface area contributed by atoms with E-state index in [1.807, 2.05) is 18.4 Å². The highest BCUT2D eigenvalue weighted by Gasteiger charge is 2.23. The molecule has 0 aliphatic carbocycles. The molecule has 0 radical (unpaired) electrons. The van der Waals surface area contributed by atoms with Gasteiger partial charge in [0.2, 0.25) is 11.5 Å². The zero-order valence-corrected chi connectivity index (χ0v) is 15.1. The number of Topliss-reactive ketones (excluding diaryl/α,β-unsaturated/α-hetero) is 1. The number of carbonyl (C=O) groups is 2. The maximum Gasteiger partial charge on any atom is 0.433 e. The molecule has 1 atom stereocenters. The van der Waals surface area contributed by atoms with E-state index in [0.29, 0.717) is 12.1 Å². The van der Waals surface area contributed by atoms with E-state index >= 15 is 0 Å². The number of carbonyl (C=O) groups excluding carboxylic acids is 2. The van der Waals surface area contributed by atoms with E-state index in [-0.39, 0.29) is 17.6 Å². The minimum Gasteiger partial charge on any atom is -0.451 e. The molecule has 1 fully saturated rings. The normalized spacial score (nSPS) is 16.4. The van der Waals surface area contributed by atoms with Crippen LogP contribution in [-0.4, -0.2) is 40.6 Å². The number of hydrogen-bond donors (Lipinski definition) is 0. The van der Waals surface area contributed by atoms with Gasteiger partial charge in [-0.1, -0.05) is 0 Å². The molecule has 0 aromatic carbocycles. The third-order valence-corrected chi connectivity index (χ3v) is 4.59. The Balaban J connectivity index is 1.63. The molecule has 2 aromatic rings. The summed E-state index contributed by atoms with van der Waals surface area (Å²) in [6.45, 7) is 4.72. The Bertz CT molecular complexity index is 874. The van der Waals surface area contributed by atoms with Gasteiger partial charge in [-0.3, -0.25) is 14.9 Å². The lowest BCUT2D eigenvalue weighted by Gasteiger charge is -2.14. The SMILES string of the molecule is Cc1cc(C(=O)COC(=O)c2ccc([N+](=O)[O-])o2)c(C)n1C[C@@H]1CCCO1. The Morgan fingerprint density at radius 1 is 1.37 bits per heavy atom. The van der Waals surface area contributed by atoms with Crippen LogP contribution in [0, 0.1) is 24.0 Å². The lowest BCUT2D eigenvalue weighted by molar-refractivity contribution is -0.402. The summed E-state index contributed by atoms with van der Waals surface area (Å²) < 4.78 is 17.4. The number of nitro groups is 1. The number of rotatable bonds is 7. The van der Waals surface area contributed by atoms with Crippen molar-refractivity contribution >= 4 is 17.6 Å². The van der Waals surface area contributed by atoms with Crippen molar-refractivity contribution in [1.29, 1.82) is 0 Å². The Morgan fingerprint density at radius 3 is 2.78 bits per heavy atom. The second-order valence-corrected chi connectivity index (χ2v) is 6.42. The van der Waals surface area contributed by atoms with E-state index in [1.165, 1.54) is 0 Å². The lowest BCUT2D eigenvalue weighted by Crippen LogP contribution is -2.18. The van der Waals surface area contributed by atoms with Crippen molar-refractivity contribution in [2.75, 3.05) is 13.2 Å². The number of ether oxygens (including phenoxy) is 2. The van der Waals surface area contributed by atoms with Gasteiger partial charge in [-0.15, -0.1) is 0 Å². The van der Waals surface area contributed by atoms with E-state index in [2.05, 4.69) is 0 Å². The van der Waals surface area contributed by atoms with Crippen molar-refractivity contribution in [3.8, 4) is 0 Å². The van der Waals surface area contributed by atoms with Crippen molar-refractivity contribution in [2.24, 2.45) is 0 Å². The summed E-state index contributed by atoms with van der Waals surface area (Å²) in [5.74, 6) is -2.16.